The summed E-state index contributed by atoms with van der Waals surface area (Å²) in [6.07, 6.45) is 11.0. The van der Waals surface area contributed by atoms with Gasteiger partial charge < -0.3 is 24.8 Å². The van der Waals surface area contributed by atoms with Crippen molar-refractivity contribution >= 4 is 3.21 Å². The van der Waals surface area contributed by atoms with Crippen LogP contribution in [0.3, 0.4) is 0 Å². The topological polar surface area (TPSA) is 18.5 Å². The summed E-state index contributed by atoms with van der Waals surface area (Å²) in [4.78, 5) is 0. The predicted octanol–water partition coefficient (Wildman–Crippen LogP) is 5.18. The molecule has 0 atom stereocenters. The molecule has 0 aliphatic heterocycles. The Morgan fingerprint density at radius 3 is 1.62 bits per heavy atom. The number of allylic oxidation sites excluding steroid dienone is 4. The molecule has 0 fully saturated rings. The van der Waals surface area contributed by atoms with E-state index in [1.54, 1.807) is 0 Å². The summed E-state index contributed by atoms with van der Waals surface area (Å²) >= 11 is 1.40. The molecule has 264 valence electrons. The summed E-state index contributed by atoms with van der Waals surface area (Å²) in [5.41, 5.74) is 14.1. The number of aryl methyl sites for hydroxylation is 2. The van der Waals surface area contributed by atoms with Gasteiger partial charge in [0.05, 0.1) is 0 Å². The molecule has 6 rings (SSSR count). The largest absolute Gasteiger partial charge is 1.00 e. The van der Waals surface area contributed by atoms with E-state index < -0.39 is 0 Å². The zero-order valence-corrected chi connectivity index (χ0v) is 35.5. The van der Waals surface area contributed by atoms with Gasteiger partial charge in [-0.1, -0.05) is 71.6 Å². The second-order valence-corrected chi connectivity index (χ2v) is 15.7. The predicted molar refractivity (Wildman–Crippen MR) is 200 cm³/mol. The number of ether oxygens (including phenoxy) is 2. The van der Waals surface area contributed by atoms with Crippen molar-refractivity contribution in [1.29, 1.82) is 0 Å². The van der Waals surface area contributed by atoms with Crippen molar-refractivity contribution in [3.05, 3.63) is 142 Å². The van der Waals surface area contributed by atoms with E-state index in [0.29, 0.717) is 13.2 Å². The van der Waals surface area contributed by atoms with E-state index in [4.69, 9.17) is 9.47 Å². The summed E-state index contributed by atoms with van der Waals surface area (Å²) < 4.78 is 12.3. The van der Waals surface area contributed by atoms with Crippen LogP contribution in [0.25, 0.3) is 11.1 Å². The first-order valence-electron chi connectivity index (χ1n) is 17.2. The second-order valence-electron chi connectivity index (χ2n) is 14.5. The van der Waals surface area contributed by atoms with Crippen LogP contribution >= 0.6 is 0 Å². The monoisotopic (exact) mass is 784 g/mol. The summed E-state index contributed by atoms with van der Waals surface area (Å²) in [5.74, 6) is 1.85. The first-order chi connectivity index (χ1) is 22.7. The van der Waals surface area contributed by atoms with Gasteiger partial charge in [-0.2, -0.15) is 23.8 Å². The van der Waals surface area contributed by atoms with Gasteiger partial charge in [0.1, 0.15) is 0 Å². The molecule has 0 heterocycles. The van der Waals surface area contributed by atoms with Crippen molar-refractivity contribution in [3.8, 4) is 22.6 Å². The summed E-state index contributed by atoms with van der Waals surface area (Å²) in [5, 5.41) is 0. The Labute approximate surface area is 329 Å². The van der Waals surface area contributed by atoms with Crippen molar-refractivity contribution in [3.63, 3.8) is 0 Å². The fourth-order valence-corrected chi connectivity index (χ4v) is 7.12. The van der Waals surface area contributed by atoms with E-state index in [1.165, 1.54) is 83.1 Å². The van der Waals surface area contributed by atoms with Crippen LogP contribution in [0.2, 0.25) is 0 Å². The first kappa shape index (κ1) is 43.5. The molecule has 2 aliphatic carbocycles. The maximum Gasteiger partial charge on any atom is -0.0129 e. The molecule has 5 heteroatoms. The number of fused-ring (bicyclic) bond motifs is 3. The van der Waals surface area contributed by atoms with E-state index >= 15 is 0 Å². The van der Waals surface area contributed by atoms with Gasteiger partial charge >= 0.3 is 135 Å². The molecule has 0 radical (unpaired) electrons. The van der Waals surface area contributed by atoms with Crippen LogP contribution in [-0.2, 0) is 41.5 Å². The van der Waals surface area contributed by atoms with Gasteiger partial charge in [-0.25, -0.2) is 12.2 Å². The number of hydrogen-bond donors (Lipinski definition) is 0. The third kappa shape index (κ3) is 11.4. The van der Waals surface area contributed by atoms with Crippen molar-refractivity contribution < 1.29 is 58.5 Å². The van der Waals surface area contributed by atoms with Crippen molar-refractivity contribution in [2.75, 3.05) is 13.2 Å². The molecule has 4 aromatic carbocycles. The molecule has 0 aromatic heterocycles. The molecule has 50 heavy (non-hydrogen) atoms. The summed E-state index contributed by atoms with van der Waals surface area (Å²) in [6.45, 7) is 23.6. The standard InChI is InChI=1S/C23H29.C17H18O2.C5H5.2ClH.Zr/c1-14-9-16-11-17-10-15(2)21(23(6,7)8)13-19(17)18(16)12-20(14)22(3,4)5;1-3-18-16-9-5-14(6-10-16)13-15-7-11-17(12-8-15)19-4-2;1-2-4-5-3-1;;;/h9,12-13H,11H2,1-8H3;5-12H,3-4H2,1-2H3;1-3H,4H2;2*1H;/q-1;;-1;;;+2/p-2. The van der Waals surface area contributed by atoms with E-state index in [-0.39, 0.29) is 35.6 Å². The van der Waals surface area contributed by atoms with Gasteiger partial charge in [0.15, 0.2) is 0 Å². The molecule has 2 nitrogen and oxygen atoms in total. The Balaban J connectivity index is 0.000000295. The zero-order valence-electron chi connectivity index (χ0n) is 31.5. The molecule has 2 aliphatic rings. The van der Waals surface area contributed by atoms with E-state index in [0.717, 1.165) is 24.3 Å². The zero-order chi connectivity index (χ0) is 35.1. The number of hydrogen-bond acceptors (Lipinski definition) is 2. The van der Waals surface area contributed by atoms with Crippen LogP contribution in [0.5, 0.6) is 11.5 Å². The molecule has 0 N–H and O–H groups in total. The average Bonchev–Trinajstić information content (AvgIpc) is 3.72. The Bertz CT molecular complexity index is 1640. The molecule has 0 saturated carbocycles. The molecule has 0 amide bonds. The summed E-state index contributed by atoms with van der Waals surface area (Å²) in [7, 11) is 0. The van der Waals surface area contributed by atoms with Crippen LogP contribution in [0.1, 0.15) is 106 Å². The molecule has 0 spiro atoms. The fourth-order valence-electron chi connectivity index (χ4n) is 6.30. The number of halogens is 2. The van der Waals surface area contributed by atoms with Gasteiger partial charge in [-0.3, -0.25) is 6.08 Å². The summed E-state index contributed by atoms with van der Waals surface area (Å²) in [6, 6.07) is 27.5. The molecule has 0 saturated heterocycles. The van der Waals surface area contributed by atoms with Crippen molar-refractivity contribution in [1.82, 2.24) is 0 Å². The minimum absolute atomic E-state index is 0. The Morgan fingerprint density at radius 1 is 0.720 bits per heavy atom. The Hall–Kier alpha value is -2.71. The Morgan fingerprint density at radius 2 is 1.22 bits per heavy atom. The van der Waals surface area contributed by atoms with E-state index in [2.05, 4.69) is 116 Å². The maximum absolute atomic E-state index is 5.47. The van der Waals surface area contributed by atoms with Gasteiger partial charge in [0.25, 0.3) is 0 Å². The van der Waals surface area contributed by atoms with E-state index in [1.807, 2.05) is 50.3 Å². The van der Waals surface area contributed by atoms with Crippen molar-refractivity contribution in [2.45, 2.75) is 92.9 Å². The molecular formula is C45H52Cl2O2Zr-2. The van der Waals surface area contributed by atoms with Crippen LogP contribution in [-0.4, -0.2) is 16.4 Å². The van der Waals surface area contributed by atoms with Gasteiger partial charge in [0, 0.05) is 0 Å². The third-order valence-electron chi connectivity index (χ3n) is 8.57. The smallest absolute Gasteiger partial charge is 0.0129 e. The van der Waals surface area contributed by atoms with E-state index in [9.17, 15) is 0 Å². The van der Waals surface area contributed by atoms with Crippen molar-refractivity contribution in [2.24, 2.45) is 0 Å². The second kappa shape index (κ2) is 19.2. The van der Waals surface area contributed by atoms with Gasteiger partial charge in [0.2, 0.25) is 0 Å². The Kier molecular flexibility index (Phi) is 16.7. The van der Waals surface area contributed by atoms with Gasteiger partial charge in [-0.05, 0) is 35.4 Å². The number of benzene rings is 4. The van der Waals surface area contributed by atoms with Crippen LogP contribution in [0.4, 0.5) is 0 Å². The molecule has 0 unspecified atom stereocenters. The quantitative estimate of drug-likeness (QED) is 0.221. The maximum atomic E-state index is 5.47. The molecule has 4 aromatic rings. The molecule has 0 bridgehead atoms. The molecular weight excluding hydrogens is 735 g/mol. The SMILES string of the molecule is CCOc1ccc([C](=[Zr+2])c2ccc(OCC)cc2)cc1.Cc1[c-]c2c(cc1C(C)(C)C)-c1cc(C(C)(C)C)c(C)cc1C2.[C-]1=CC=CC1.[Cl-].[Cl-]. The van der Waals surface area contributed by atoms with Crippen LogP contribution < -0.4 is 34.3 Å². The average molecular weight is 787 g/mol. The minimum atomic E-state index is 0. The first-order valence-corrected chi connectivity index (χ1v) is 18.4. The third-order valence-corrected chi connectivity index (χ3v) is 9.99. The fraction of sp³-hybridized carbons (Fsp3) is 0.356. The normalized spacial score (nSPS) is 12.2. The minimum Gasteiger partial charge on any atom is -1.00 e. The van der Waals surface area contributed by atoms with Crippen LogP contribution in [0, 0.1) is 26.0 Å². The number of rotatable bonds is 6. The van der Waals surface area contributed by atoms with Gasteiger partial charge in [-0.15, -0.1) is 23.1 Å². The van der Waals surface area contributed by atoms with Crippen LogP contribution in [0.15, 0.2) is 85.0 Å².